The standard InChI is InChI=1S/C21H22Cl2N2O4S/c1-15(26)24-8-10-25(11-9-24)21(27)14-30(28)13-16-2-4-17(5-3-16)29-18-6-7-19(22)20(23)12-18/h2-7,12H,8-11,13-14H2,1H3. The van der Waals surface area contributed by atoms with Crippen LogP contribution in [0.3, 0.4) is 0 Å². The van der Waals surface area contributed by atoms with E-state index >= 15 is 0 Å². The summed E-state index contributed by atoms with van der Waals surface area (Å²) in [5.74, 6) is 1.31. The van der Waals surface area contributed by atoms with Crippen LogP contribution in [0, 0.1) is 0 Å². The van der Waals surface area contributed by atoms with Gasteiger partial charge in [-0.25, -0.2) is 0 Å². The van der Waals surface area contributed by atoms with Crippen LogP contribution in [0.15, 0.2) is 42.5 Å². The van der Waals surface area contributed by atoms with Crippen LogP contribution in [-0.4, -0.2) is 57.8 Å². The van der Waals surface area contributed by atoms with E-state index in [1.807, 2.05) is 12.1 Å². The number of carbonyl (C=O) groups excluding carboxylic acids is 2. The van der Waals surface area contributed by atoms with Crippen molar-refractivity contribution in [1.29, 1.82) is 0 Å². The molecule has 0 aromatic heterocycles. The number of nitrogens with zero attached hydrogens (tertiary/aromatic N) is 2. The summed E-state index contributed by atoms with van der Waals surface area (Å²) < 4.78 is 18.2. The van der Waals surface area contributed by atoms with Gasteiger partial charge in [0.1, 0.15) is 17.3 Å². The van der Waals surface area contributed by atoms with Crippen LogP contribution in [0.2, 0.25) is 10.0 Å². The highest BCUT2D eigenvalue weighted by atomic mass is 35.5. The maximum absolute atomic E-state index is 12.4. The summed E-state index contributed by atoms with van der Waals surface area (Å²) >= 11 is 11.9. The lowest BCUT2D eigenvalue weighted by Crippen LogP contribution is -2.51. The van der Waals surface area contributed by atoms with Crippen molar-refractivity contribution in [2.45, 2.75) is 12.7 Å². The first-order valence-electron chi connectivity index (χ1n) is 9.42. The van der Waals surface area contributed by atoms with Crippen LogP contribution in [0.5, 0.6) is 11.5 Å². The summed E-state index contributed by atoms with van der Waals surface area (Å²) in [4.78, 5) is 27.1. The SMILES string of the molecule is CC(=O)N1CCN(C(=O)CS(=O)Cc2ccc(Oc3ccc(Cl)c(Cl)c3)cc2)CC1. The average Bonchev–Trinajstić information content (AvgIpc) is 2.72. The van der Waals surface area contributed by atoms with Crippen LogP contribution in [0.1, 0.15) is 12.5 Å². The topological polar surface area (TPSA) is 66.9 Å². The summed E-state index contributed by atoms with van der Waals surface area (Å²) in [6, 6.07) is 12.2. The molecule has 2 aromatic rings. The molecule has 160 valence electrons. The van der Waals surface area contributed by atoms with Crippen LogP contribution in [-0.2, 0) is 26.1 Å². The largest absolute Gasteiger partial charge is 0.457 e. The van der Waals surface area contributed by atoms with E-state index in [0.29, 0.717) is 47.7 Å². The van der Waals surface area contributed by atoms with Gasteiger partial charge in [0.15, 0.2) is 0 Å². The summed E-state index contributed by atoms with van der Waals surface area (Å²) in [7, 11) is -1.32. The third-order valence-corrected chi connectivity index (χ3v) is 6.70. The second kappa shape index (κ2) is 10.3. The van der Waals surface area contributed by atoms with Crippen LogP contribution in [0.25, 0.3) is 0 Å². The molecule has 0 spiro atoms. The Morgan fingerprint density at radius 3 is 2.13 bits per heavy atom. The summed E-state index contributed by atoms with van der Waals surface area (Å²) in [6.07, 6.45) is 0. The fraction of sp³-hybridized carbons (Fsp3) is 0.333. The molecule has 1 aliphatic heterocycles. The lowest BCUT2D eigenvalue weighted by Gasteiger charge is -2.34. The van der Waals surface area contributed by atoms with Crippen molar-refractivity contribution in [2.24, 2.45) is 0 Å². The van der Waals surface area contributed by atoms with Crippen molar-refractivity contribution in [3.63, 3.8) is 0 Å². The molecule has 1 atom stereocenters. The van der Waals surface area contributed by atoms with Gasteiger partial charge in [0, 0.05) is 55.7 Å². The fourth-order valence-corrected chi connectivity index (χ4v) is 4.48. The third-order valence-electron chi connectivity index (χ3n) is 4.74. The van der Waals surface area contributed by atoms with Gasteiger partial charge >= 0.3 is 0 Å². The Kier molecular flexibility index (Phi) is 7.75. The lowest BCUT2D eigenvalue weighted by atomic mass is 10.2. The van der Waals surface area contributed by atoms with Crippen LogP contribution >= 0.6 is 23.2 Å². The maximum Gasteiger partial charge on any atom is 0.235 e. The predicted molar refractivity (Wildman–Crippen MR) is 119 cm³/mol. The lowest BCUT2D eigenvalue weighted by molar-refractivity contribution is -0.136. The zero-order chi connectivity index (χ0) is 21.7. The molecular weight excluding hydrogens is 447 g/mol. The molecular formula is C21H22Cl2N2O4S. The molecule has 30 heavy (non-hydrogen) atoms. The van der Waals surface area contributed by atoms with Gasteiger partial charge in [-0.1, -0.05) is 35.3 Å². The molecule has 1 aliphatic rings. The first kappa shape index (κ1) is 22.6. The Morgan fingerprint density at radius 2 is 1.53 bits per heavy atom. The third kappa shape index (κ3) is 6.20. The van der Waals surface area contributed by atoms with Crippen molar-refractivity contribution in [3.05, 3.63) is 58.1 Å². The van der Waals surface area contributed by atoms with Gasteiger partial charge in [0.25, 0.3) is 0 Å². The highest BCUT2D eigenvalue weighted by Gasteiger charge is 2.23. The van der Waals surface area contributed by atoms with Gasteiger partial charge in [0.05, 0.1) is 10.0 Å². The van der Waals surface area contributed by atoms with E-state index in [4.69, 9.17) is 27.9 Å². The number of ether oxygens (including phenoxy) is 1. The van der Waals surface area contributed by atoms with Gasteiger partial charge < -0.3 is 14.5 Å². The average molecular weight is 469 g/mol. The molecule has 9 heteroatoms. The molecule has 2 amide bonds. The molecule has 0 aliphatic carbocycles. The molecule has 1 fully saturated rings. The smallest absolute Gasteiger partial charge is 0.235 e. The molecule has 1 saturated heterocycles. The van der Waals surface area contributed by atoms with Gasteiger partial charge in [0.2, 0.25) is 11.8 Å². The quantitative estimate of drug-likeness (QED) is 0.647. The normalized spacial score (nSPS) is 15.0. The summed E-state index contributed by atoms with van der Waals surface area (Å²) in [5, 5.41) is 0.866. The van der Waals surface area contributed by atoms with E-state index in [-0.39, 0.29) is 23.3 Å². The highest BCUT2D eigenvalue weighted by Crippen LogP contribution is 2.29. The first-order valence-corrected chi connectivity index (χ1v) is 11.7. The molecule has 6 nitrogen and oxygen atoms in total. The second-order valence-electron chi connectivity index (χ2n) is 6.94. The van der Waals surface area contributed by atoms with E-state index in [2.05, 4.69) is 0 Å². The van der Waals surface area contributed by atoms with Gasteiger partial charge in [-0.15, -0.1) is 0 Å². The number of hydrogen-bond acceptors (Lipinski definition) is 4. The Bertz CT molecular complexity index is 945. The molecule has 3 rings (SSSR count). The van der Waals surface area contributed by atoms with Crippen LogP contribution < -0.4 is 4.74 Å². The molecule has 0 N–H and O–H groups in total. The molecule has 0 saturated carbocycles. The van der Waals surface area contributed by atoms with Crippen molar-refractivity contribution >= 4 is 45.8 Å². The van der Waals surface area contributed by atoms with Crippen molar-refractivity contribution in [1.82, 2.24) is 9.80 Å². The van der Waals surface area contributed by atoms with E-state index < -0.39 is 10.8 Å². The summed E-state index contributed by atoms with van der Waals surface area (Å²) in [5.41, 5.74) is 0.851. The first-order chi connectivity index (χ1) is 14.3. The van der Waals surface area contributed by atoms with E-state index in [9.17, 15) is 13.8 Å². The fourth-order valence-electron chi connectivity index (χ4n) is 3.07. The van der Waals surface area contributed by atoms with Gasteiger partial charge in [-0.05, 0) is 29.8 Å². The number of amides is 2. The summed E-state index contributed by atoms with van der Waals surface area (Å²) in [6.45, 7) is 3.53. The number of carbonyl (C=O) groups is 2. The van der Waals surface area contributed by atoms with E-state index in [1.165, 1.54) is 6.92 Å². The minimum atomic E-state index is -1.32. The number of piperazine rings is 1. The number of rotatable bonds is 6. The Morgan fingerprint density at radius 1 is 0.933 bits per heavy atom. The minimum absolute atomic E-state index is 0.0114. The number of hydrogen-bond donors (Lipinski definition) is 0. The number of halogens is 2. The van der Waals surface area contributed by atoms with Crippen LogP contribution in [0.4, 0.5) is 0 Å². The van der Waals surface area contributed by atoms with Crippen molar-refractivity contribution in [2.75, 3.05) is 31.9 Å². The molecule has 2 aromatic carbocycles. The number of benzene rings is 2. The second-order valence-corrected chi connectivity index (χ2v) is 9.21. The Balaban J connectivity index is 1.49. The van der Waals surface area contributed by atoms with Crippen molar-refractivity contribution in [3.8, 4) is 11.5 Å². The Labute approximate surface area is 188 Å². The molecule has 0 bridgehead atoms. The van der Waals surface area contributed by atoms with Gasteiger partial charge in [-0.2, -0.15) is 0 Å². The van der Waals surface area contributed by atoms with E-state index in [1.54, 1.807) is 40.1 Å². The van der Waals surface area contributed by atoms with Gasteiger partial charge in [-0.3, -0.25) is 13.8 Å². The molecule has 1 unspecified atom stereocenters. The monoisotopic (exact) mass is 468 g/mol. The zero-order valence-electron chi connectivity index (χ0n) is 16.5. The van der Waals surface area contributed by atoms with E-state index in [0.717, 1.165) is 5.56 Å². The zero-order valence-corrected chi connectivity index (χ0v) is 18.8. The predicted octanol–water partition coefficient (Wildman–Crippen LogP) is 3.73. The molecule has 0 radical (unpaired) electrons. The molecule has 1 heterocycles. The van der Waals surface area contributed by atoms with Crippen molar-refractivity contribution < 1.29 is 18.5 Å². The highest BCUT2D eigenvalue weighted by molar-refractivity contribution is 7.84. The maximum atomic E-state index is 12.4. The Hall–Kier alpha value is -2.09. The minimum Gasteiger partial charge on any atom is -0.457 e.